The zero-order valence-electron chi connectivity index (χ0n) is 10.7. The molecular weight excluding hydrogens is 228 g/mol. The standard InChI is InChI=1S/C14H16N2O2/c1-8-4-5-9(2)11(6-8)7-12-15-10(3)13(16-12)14(17)18/h4-6H,7H2,1-3H3,(H,15,16)(H,17,18). The molecule has 0 saturated heterocycles. The van der Waals surface area contributed by atoms with Crippen molar-refractivity contribution in [1.82, 2.24) is 9.97 Å². The number of hydrogen-bond donors (Lipinski definition) is 2. The molecule has 1 heterocycles. The lowest BCUT2D eigenvalue weighted by atomic mass is 10.0. The number of carboxylic acids is 1. The minimum atomic E-state index is -0.990. The second-order valence-corrected chi connectivity index (χ2v) is 4.57. The van der Waals surface area contributed by atoms with Crippen molar-refractivity contribution < 1.29 is 9.90 Å². The number of aryl methyl sites for hydroxylation is 3. The topological polar surface area (TPSA) is 66.0 Å². The third-order valence-corrected chi connectivity index (χ3v) is 3.00. The molecule has 0 fully saturated rings. The summed E-state index contributed by atoms with van der Waals surface area (Å²) in [7, 11) is 0. The summed E-state index contributed by atoms with van der Waals surface area (Å²) in [5.41, 5.74) is 4.25. The van der Waals surface area contributed by atoms with Gasteiger partial charge in [0.05, 0.1) is 0 Å². The maximum absolute atomic E-state index is 10.9. The Balaban J connectivity index is 2.31. The van der Waals surface area contributed by atoms with Gasteiger partial charge in [-0.2, -0.15) is 0 Å². The summed E-state index contributed by atoms with van der Waals surface area (Å²) in [5.74, 6) is -0.297. The number of carbonyl (C=O) groups is 1. The van der Waals surface area contributed by atoms with Gasteiger partial charge < -0.3 is 10.1 Å². The number of nitrogens with one attached hydrogen (secondary N) is 1. The van der Waals surface area contributed by atoms with Crippen LogP contribution in [0.2, 0.25) is 0 Å². The van der Waals surface area contributed by atoms with Gasteiger partial charge in [-0.3, -0.25) is 0 Å². The first-order valence-electron chi connectivity index (χ1n) is 5.82. The van der Waals surface area contributed by atoms with Gasteiger partial charge in [0.1, 0.15) is 5.82 Å². The van der Waals surface area contributed by atoms with E-state index in [-0.39, 0.29) is 5.69 Å². The highest BCUT2D eigenvalue weighted by atomic mass is 16.4. The monoisotopic (exact) mass is 244 g/mol. The molecule has 2 aromatic rings. The van der Waals surface area contributed by atoms with E-state index in [4.69, 9.17) is 5.11 Å². The first kappa shape index (κ1) is 12.4. The molecule has 2 rings (SSSR count). The molecule has 0 unspecified atom stereocenters. The Labute approximate surface area is 106 Å². The van der Waals surface area contributed by atoms with Crippen molar-refractivity contribution in [2.75, 3.05) is 0 Å². The van der Waals surface area contributed by atoms with Gasteiger partial charge in [0.2, 0.25) is 0 Å². The van der Waals surface area contributed by atoms with Gasteiger partial charge in [0.25, 0.3) is 0 Å². The Morgan fingerprint density at radius 2 is 2.06 bits per heavy atom. The van der Waals surface area contributed by atoms with E-state index in [1.807, 2.05) is 13.8 Å². The molecule has 2 N–H and O–H groups in total. The summed E-state index contributed by atoms with van der Waals surface area (Å²) in [6.07, 6.45) is 0.627. The number of aromatic carboxylic acids is 1. The molecule has 4 heteroatoms. The predicted octanol–water partition coefficient (Wildman–Crippen LogP) is 2.62. The maximum atomic E-state index is 10.9. The normalized spacial score (nSPS) is 10.6. The van der Waals surface area contributed by atoms with E-state index in [1.165, 1.54) is 16.7 Å². The second-order valence-electron chi connectivity index (χ2n) is 4.57. The first-order chi connectivity index (χ1) is 8.47. The van der Waals surface area contributed by atoms with Gasteiger partial charge in [0.15, 0.2) is 5.69 Å². The van der Waals surface area contributed by atoms with Crippen molar-refractivity contribution in [2.45, 2.75) is 27.2 Å². The highest BCUT2D eigenvalue weighted by Crippen LogP contribution is 2.15. The van der Waals surface area contributed by atoms with Crippen LogP contribution < -0.4 is 0 Å². The van der Waals surface area contributed by atoms with Crippen LogP contribution in [-0.2, 0) is 6.42 Å². The molecule has 0 aliphatic heterocycles. The van der Waals surface area contributed by atoms with E-state index in [2.05, 4.69) is 28.2 Å². The van der Waals surface area contributed by atoms with E-state index < -0.39 is 5.97 Å². The average molecular weight is 244 g/mol. The number of benzene rings is 1. The lowest BCUT2D eigenvalue weighted by Gasteiger charge is -2.05. The number of carboxylic acid groups (broad SMARTS) is 1. The fraction of sp³-hybridized carbons (Fsp3) is 0.286. The van der Waals surface area contributed by atoms with E-state index >= 15 is 0 Å². The van der Waals surface area contributed by atoms with Gasteiger partial charge in [0, 0.05) is 12.1 Å². The number of nitrogens with zero attached hydrogens (tertiary/aromatic N) is 1. The number of aromatic amines is 1. The zero-order valence-corrected chi connectivity index (χ0v) is 10.7. The van der Waals surface area contributed by atoms with Gasteiger partial charge in [-0.1, -0.05) is 23.8 Å². The molecule has 0 spiro atoms. The number of aromatic nitrogens is 2. The predicted molar refractivity (Wildman–Crippen MR) is 69.0 cm³/mol. The van der Waals surface area contributed by atoms with Crippen LogP contribution in [0.3, 0.4) is 0 Å². The molecule has 4 nitrogen and oxygen atoms in total. The van der Waals surface area contributed by atoms with Crippen molar-refractivity contribution in [2.24, 2.45) is 0 Å². The molecule has 0 bridgehead atoms. The smallest absolute Gasteiger partial charge is 0.356 e. The summed E-state index contributed by atoms with van der Waals surface area (Å²) in [4.78, 5) is 18.1. The van der Waals surface area contributed by atoms with Crippen LogP contribution >= 0.6 is 0 Å². The fourth-order valence-corrected chi connectivity index (χ4v) is 1.99. The van der Waals surface area contributed by atoms with Crippen molar-refractivity contribution in [3.05, 3.63) is 52.1 Å². The molecule has 0 aliphatic rings. The molecule has 1 aromatic heterocycles. The van der Waals surface area contributed by atoms with Gasteiger partial charge in [-0.05, 0) is 31.9 Å². The first-order valence-corrected chi connectivity index (χ1v) is 5.82. The Kier molecular flexibility index (Phi) is 3.19. The van der Waals surface area contributed by atoms with Crippen LogP contribution in [0.1, 0.15) is 38.7 Å². The molecule has 0 aliphatic carbocycles. The Hall–Kier alpha value is -2.10. The van der Waals surface area contributed by atoms with Crippen LogP contribution in [0, 0.1) is 20.8 Å². The van der Waals surface area contributed by atoms with Gasteiger partial charge >= 0.3 is 5.97 Å². The van der Waals surface area contributed by atoms with E-state index in [1.54, 1.807) is 6.92 Å². The quantitative estimate of drug-likeness (QED) is 0.872. The lowest BCUT2D eigenvalue weighted by Crippen LogP contribution is -1.99. The number of rotatable bonds is 3. The van der Waals surface area contributed by atoms with Crippen LogP contribution in [0.25, 0.3) is 0 Å². The SMILES string of the molecule is Cc1ccc(C)c(Cc2nc(C(=O)O)c(C)[nH]2)c1. The van der Waals surface area contributed by atoms with Crippen LogP contribution in [0.5, 0.6) is 0 Å². The number of H-pyrrole nitrogens is 1. The Morgan fingerprint density at radius 1 is 1.33 bits per heavy atom. The van der Waals surface area contributed by atoms with E-state index in [0.717, 1.165) is 0 Å². The largest absolute Gasteiger partial charge is 0.476 e. The molecule has 18 heavy (non-hydrogen) atoms. The Morgan fingerprint density at radius 3 is 2.67 bits per heavy atom. The summed E-state index contributed by atoms with van der Waals surface area (Å²) in [5, 5.41) is 8.96. The lowest BCUT2D eigenvalue weighted by molar-refractivity contribution is 0.0690. The maximum Gasteiger partial charge on any atom is 0.356 e. The molecule has 1 aromatic carbocycles. The highest BCUT2D eigenvalue weighted by molar-refractivity contribution is 5.86. The average Bonchev–Trinajstić information content (AvgIpc) is 2.65. The van der Waals surface area contributed by atoms with Crippen molar-refractivity contribution in [3.8, 4) is 0 Å². The van der Waals surface area contributed by atoms with E-state index in [9.17, 15) is 4.79 Å². The molecule has 94 valence electrons. The summed E-state index contributed by atoms with van der Waals surface area (Å²) in [6, 6.07) is 6.24. The van der Waals surface area contributed by atoms with Crippen molar-refractivity contribution in [1.29, 1.82) is 0 Å². The number of hydrogen-bond acceptors (Lipinski definition) is 2. The van der Waals surface area contributed by atoms with Crippen LogP contribution in [0.4, 0.5) is 0 Å². The minimum absolute atomic E-state index is 0.107. The molecule has 0 amide bonds. The van der Waals surface area contributed by atoms with Crippen LogP contribution in [-0.4, -0.2) is 21.0 Å². The van der Waals surface area contributed by atoms with Crippen LogP contribution in [0.15, 0.2) is 18.2 Å². The summed E-state index contributed by atoms with van der Waals surface area (Å²) >= 11 is 0. The molecule has 0 atom stereocenters. The Bertz CT molecular complexity index is 600. The third kappa shape index (κ3) is 2.42. The van der Waals surface area contributed by atoms with E-state index in [0.29, 0.717) is 17.9 Å². The third-order valence-electron chi connectivity index (χ3n) is 3.00. The number of imidazole rings is 1. The highest BCUT2D eigenvalue weighted by Gasteiger charge is 2.13. The van der Waals surface area contributed by atoms with Gasteiger partial charge in [-0.15, -0.1) is 0 Å². The molecular formula is C14H16N2O2. The minimum Gasteiger partial charge on any atom is -0.476 e. The fourth-order valence-electron chi connectivity index (χ4n) is 1.99. The second kappa shape index (κ2) is 4.64. The molecule has 0 radical (unpaired) electrons. The van der Waals surface area contributed by atoms with Crippen molar-refractivity contribution in [3.63, 3.8) is 0 Å². The zero-order chi connectivity index (χ0) is 13.3. The summed E-state index contributed by atoms with van der Waals surface area (Å²) < 4.78 is 0. The molecule has 0 saturated carbocycles. The van der Waals surface area contributed by atoms with Gasteiger partial charge in [-0.25, -0.2) is 9.78 Å². The summed E-state index contributed by atoms with van der Waals surface area (Å²) in [6.45, 7) is 5.81. The van der Waals surface area contributed by atoms with Crippen molar-refractivity contribution >= 4 is 5.97 Å².